The van der Waals surface area contributed by atoms with Gasteiger partial charge in [0, 0.05) is 52.7 Å². The number of halogens is 1. The number of hydrogen-bond acceptors (Lipinski definition) is 7. The average molecular weight is 693 g/mol. The van der Waals surface area contributed by atoms with Crippen molar-refractivity contribution in [2.45, 2.75) is 62.2 Å². The van der Waals surface area contributed by atoms with Crippen LogP contribution in [0.5, 0.6) is 5.75 Å². The molecule has 9 rings (SSSR count). The van der Waals surface area contributed by atoms with Crippen LogP contribution >= 0.6 is 11.6 Å². The number of ether oxygens (including phenoxy) is 3. The second kappa shape index (κ2) is 14.5. The molecule has 4 saturated heterocycles. The Bertz CT molecular complexity index is 1800. The molecule has 4 bridgehead atoms. The van der Waals surface area contributed by atoms with Crippen LogP contribution in [0, 0.1) is 5.92 Å². The Morgan fingerprint density at radius 1 is 0.660 bits per heavy atom. The fraction of sp³-hybridized carbons (Fsp3) is 0.350. The van der Waals surface area contributed by atoms with Crippen LogP contribution in [-0.4, -0.2) is 55.8 Å². The minimum atomic E-state index is -0.146. The van der Waals surface area contributed by atoms with Gasteiger partial charge in [-0.15, -0.1) is 0 Å². The van der Waals surface area contributed by atoms with E-state index in [0.29, 0.717) is 40.4 Å². The molecule has 0 unspecified atom stereocenters. The summed E-state index contributed by atoms with van der Waals surface area (Å²) in [6.07, 6.45) is 5.63. The van der Waals surface area contributed by atoms with Crippen molar-refractivity contribution in [3.8, 4) is 5.75 Å². The first-order valence-corrected chi connectivity index (χ1v) is 17.9. The lowest BCUT2D eigenvalue weighted by Crippen LogP contribution is -2.33. The molecule has 4 N–H and O–H groups in total. The molecule has 1 saturated carbocycles. The van der Waals surface area contributed by atoms with Crippen molar-refractivity contribution in [2.75, 3.05) is 30.3 Å². The number of benzene rings is 4. The molecule has 0 radical (unpaired) electrons. The fourth-order valence-corrected chi connectivity index (χ4v) is 7.21. The van der Waals surface area contributed by atoms with E-state index in [4.69, 9.17) is 25.8 Å². The molecule has 1 aliphatic carbocycles. The molecule has 9 nitrogen and oxygen atoms in total. The van der Waals surface area contributed by atoms with E-state index in [0.717, 1.165) is 66.7 Å². The highest BCUT2D eigenvalue weighted by molar-refractivity contribution is 6.30. The van der Waals surface area contributed by atoms with E-state index >= 15 is 0 Å². The predicted molar refractivity (Wildman–Crippen MR) is 193 cm³/mol. The number of carbonyl (C=O) groups excluding carboxylic acids is 2. The normalized spacial score (nSPS) is 25.9. The summed E-state index contributed by atoms with van der Waals surface area (Å²) >= 11 is 5.83. The summed E-state index contributed by atoms with van der Waals surface area (Å²) in [6, 6.07) is 30.8. The third kappa shape index (κ3) is 7.72. The van der Waals surface area contributed by atoms with Crippen LogP contribution in [0.4, 0.5) is 11.4 Å². The van der Waals surface area contributed by atoms with Gasteiger partial charge in [-0.3, -0.25) is 9.59 Å². The maximum Gasteiger partial charge on any atom is 0.255 e. The molecule has 0 aromatic heterocycles. The summed E-state index contributed by atoms with van der Waals surface area (Å²) in [6.45, 7) is 2.69. The second-order valence-corrected chi connectivity index (χ2v) is 14.2. The Kier molecular flexibility index (Phi) is 9.58. The molecule has 2 amide bonds. The standard InChI is InChI=1S/C22H24N2O3.C18H17ClN2O2/c25-22(16-5-9-18(10-6-16)26-13-14-1-2-14)24-17-7-3-15(4-8-17)21-20-11-19(27-21)12-23-20;19-13-5-1-12(2-6-13)18(22)21-14-7-3-11(4-8-14)17-16-9-15(23-17)10-20-16/h3-10,14,19-21,23H,1-2,11-13H2,(H,24,25);1-8,15-17,20H,9-10H2,(H,21,22)/t19-,20-,21+;15-,16-,17+/m10/s1. The molecule has 4 heterocycles. The fourth-order valence-electron chi connectivity index (χ4n) is 7.08. The maximum absolute atomic E-state index is 12.5. The van der Waals surface area contributed by atoms with Gasteiger partial charge in [-0.2, -0.15) is 0 Å². The molecule has 258 valence electrons. The van der Waals surface area contributed by atoms with Crippen molar-refractivity contribution in [2.24, 2.45) is 5.92 Å². The number of fused-ring (bicyclic) bond motifs is 4. The monoisotopic (exact) mass is 692 g/mol. The number of rotatable bonds is 9. The summed E-state index contributed by atoms with van der Waals surface area (Å²) in [5.74, 6) is 1.28. The molecular formula is C40H41ClN4O5. The first-order valence-electron chi connectivity index (χ1n) is 17.5. The van der Waals surface area contributed by atoms with Crippen molar-refractivity contribution in [3.63, 3.8) is 0 Å². The number of morpholine rings is 2. The van der Waals surface area contributed by atoms with Gasteiger partial charge in [0.1, 0.15) is 5.75 Å². The number of anilines is 2. The molecule has 5 aliphatic rings. The lowest BCUT2D eigenvalue weighted by molar-refractivity contribution is 0.0159. The van der Waals surface area contributed by atoms with Crippen LogP contribution < -0.4 is 26.0 Å². The van der Waals surface area contributed by atoms with Crippen molar-refractivity contribution in [1.82, 2.24) is 10.6 Å². The highest BCUT2D eigenvalue weighted by Gasteiger charge is 2.42. The van der Waals surface area contributed by atoms with Crippen LogP contribution in [0.15, 0.2) is 97.1 Å². The number of nitrogens with one attached hydrogen (secondary N) is 4. The Labute approximate surface area is 297 Å². The van der Waals surface area contributed by atoms with E-state index in [2.05, 4.69) is 21.3 Å². The Morgan fingerprint density at radius 3 is 1.52 bits per heavy atom. The average Bonchev–Trinajstić information content (AvgIpc) is 3.48. The van der Waals surface area contributed by atoms with Gasteiger partial charge >= 0.3 is 0 Å². The molecule has 4 aromatic carbocycles. The van der Waals surface area contributed by atoms with Crippen LogP contribution in [0.2, 0.25) is 5.02 Å². The Balaban J connectivity index is 0.000000146. The van der Waals surface area contributed by atoms with E-state index in [1.54, 1.807) is 36.4 Å². The first-order chi connectivity index (χ1) is 24.4. The zero-order valence-electron chi connectivity index (χ0n) is 27.6. The second-order valence-electron chi connectivity index (χ2n) is 13.8. The molecule has 5 fully saturated rings. The van der Waals surface area contributed by atoms with Crippen LogP contribution in [0.1, 0.15) is 69.7 Å². The summed E-state index contributed by atoms with van der Waals surface area (Å²) < 4.78 is 17.7. The van der Waals surface area contributed by atoms with Gasteiger partial charge in [-0.1, -0.05) is 35.9 Å². The Morgan fingerprint density at radius 2 is 1.12 bits per heavy atom. The minimum Gasteiger partial charge on any atom is -0.493 e. The van der Waals surface area contributed by atoms with Gasteiger partial charge in [0.05, 0.1) is 31.0 Å². The Hall–Kier alpha value is -4.25. The highest BCUT2D eigenvalue weighted by atomic mass is 35.5. The lowest BCUT2D eigenvalue weighted by Gasteiger charge is -2.23. The van der Waals surface area contributed by atoms with Crippen molar-refractivity contribution >= 4 is 34.8 Å². The molecular weight excluding hydrogens is 652 g/mol. The van der Waals surface area contributed by atoms with E-state index in [1.807, 2.05) is 60.7 Å². The molecule has 50 heavy (non-hydrogen) atoms. The number of hydrogen-bond donors (Lipinski definition) is 4. The molecule has 4 aliphatic heterocycles. The predicted octanol–water partition coefficient (Wildman–Crippen LogP) is 6.92. The quantitative estimate of drug-likeness (QED) is 0.151. The zero-order valence-corrected chi connectivity index (χ0v) is 28.4. The smallest absolute Gasteiger partial charge is 0.255 e. The summed E-state index contributed by atoms with van der Waals surface area (Å²) in [5, 5.41) is 13.4. The van der Waals surface area contributed by atoms with Gasteiger partial charge in [-0.25, -0.2) is 0 Å². The SMILES string of the molecule is O=C(Nc1ccc([C@@H]2O[C@H]3CN[C@@H]2C3)cc1)c1ccc(OCC2CC2)cc1.O=C(Nc1ccc([C@H]2O[C@@H]3CN[C@H]2C3)cc1)c1ccc(Cl)cc1. The van der Waals surface area contributed by atoms with Gasteiger partial charge in [0.15, 0.2) is 0 Å². The van der Waals surface area contributed by atoms with Gasteiger partial charge in [0.2, 0.25) is 0 Å². The van der Waals surface area contributed by atoms with Gasteiger partial charge < -0.3 is 35.5 Å². The lowest BCUT2D eigenvalue weighted by atomic mass is 10.0. The largest absolute Gasteiger partial charge is 0.493 e. The number of amides is 2. The summed E-state index contributed by atoms with van der Waals surface area (Å²) in [7, 11) is 0. The summed E-state index contributed by atoms with van der Waals surface area (Å²) in [5.41, 5.74) is 5.07. The maximum atomic E-state index is 12.5. The number of carbonyl (C=O) groups is 2. The van der Waals surface area contributed by atoms with Crippen molar-refractivity contribution in [3.05, 3.63) is 124 Å². The molecule has 4 aromatic rings. The van der Waals surface area contributed by atoms with Crippen LogP contribution in [0.3, 0.4) is 0 Å². The molecule has 10 heteroatoms. The topological polar surface area (TPSA) is 110 Å². The van der Waals surface area contributed by atoms with Gasteiger partial charge in [-0.05, 0) is 116 Å². The molecule has 6 atom stereocenters. The van der Waals surface area contributed by atoms with Crippen LogP contribution in [0.25, 0.3) is 0 Å². The first kappa shape index (κ1) is 32.9. The van der Waals surface area contributed by atoms with Crippen molar-refractivity contribution in [1.29, 1.82) is 0 Å². The highest BCUT2D eigenvalue weighted by Crippen LogP contribution is 2.38. The third-order valence-corrected chi connectivity index (χ3v) is 10.3. The van der Waals surface area contributed by atoms with Crippen LogP contribution in [-0.2, 0) is 9.47 Å². The molecule has 0 spiro atoms. The zero-order chi connectivity index (χ0) is 34.0. The van der Waals surface area contributed by atoms with E-state index in [1.165, 1.54) is 12.8 Å². The third-order valence-electron chi connectivity index (χ3n) is 10.1. The summed E-state index contributed by atoms with van der Waals surface area (Å²) in [4.78, 5) is 24.6. The van der Waals surface area contributed by atoms with Crippen molar-refractivity contribution < 1.29 is 23.8 Å². The van der Waals surface area contributed by atoms with Gasteiger partial charge in [0.25, 0.3) is 11.8 Å². The minimum absolute atomic E-state index is 0.116. The van der Waals surface area contributed by atoms with E-state index in [9.17, 15) is 9.59 Å². The van der Waals surface area contributed by atoms with E-state index < -0.39 is 0 Å². The van der Waals surface area contributed by atoms with E-state index in [-0.39, 0.29) is 24.0 Å².